The number of likely N-dealkylation sites (N-methyl/N-ethyl adjacent to an activating group) is 1. The summed E-state index contributed by atoms with van der Waals surface area (Å²) >= 11 is 5.88. The van der Waals surface area contributed by atoms with E-state index in [-0.39, 0.29) is 41.7 Å². The van der Waals surface area contributed by atoms with Crippen LogP contribution in [0.5, 0.6) is 6.01 Å². The Labute approximate surface area is 182 Å². The van der Waals surface area contributed by atoms with Crippen molar-refractivity contribution in [1.29, 1.82) is 0 Å². The van der Waals surface area contributed by atoms with Gasteiger partial charge in [0.05, 0.1) is 34.6 Å². The van der Waals surface area contributed by atoms with Crippen molar-refractivity contribution >= 4 is 23.1 Å². The number of hydrogen-bond donors (Lipinski definition) is 2. The van der Waals surface area contributed by atoms with Crippen LogP contribution >= 0.6 is 11.6 Å². The van der Waals surface area contributed by atoms with Crippen molar-refractivity contribution in [3.8, 4) is 6.01 Å². The maximum atomic E-state index is 13.6. The van der Waals surface area contributed by atoms with Gasteiger partial charge in [-0.25, -0.2) is 0 Å². The van der Waals surface area contributed by atoms with Crippen LogP contribution in [0, 0.1) is 0 Å². The normalized spacial score (nSPS) is 21.9. The van der Waals surface area contributed by atoms with E-state index < -0.39 is 17.8 Å². The minimum Gasteiger partial charge on any atom is -0.462 e. The maximum absolute atomic E-state index is 13.6. The SMILES string of the molecule is CN1C[C@H](O)C[C@H]1COc1nc(N)c2c(n1)CN(c1cccc(Cl)c1C(F)(F)F)CC2. The first-order valence-corrected chi connectivity index (χ1v) is 10.3. The lowest BCUT2D eigenvalue weighted by molar-refractivity contribution is -0.137. The van der Waals surface area contributed by atoms with Gasteiger partial charge in [-0.1, -0.05) is 17.7 Å². The number of anilines is 2. The zero-order valence-corrected chi connectivity index (χ0v) is 17.6. The Morgan fingerprint density at radius 1 is 1.32 bits per heavy atom. The highest BCUT2D eigenvalue weighted by Gasteiger charge is 2.38. The second kappa shape index (κ2) is 8.33. The van der Waals surface area contributed by atoms with Gasteiger partial charge in [0.25, 0.3) is 0 Å². The van der Waals surface area contributed by atoms with E-state index in [2.05, 4.69) is 9.97 Å². The fraction of sp³-hybridized carbons (Fsp3) is 0.500. The molecule has 2 aliphatic rings. The molecule has 3 N–H and O–H groups in total. The average molecular weight is 458 g/mol. The van der Waals surface area contributed by atoms with Gasteiger partial charge in [-0.15, -0.1) is 0 Å². The molecule has 0 aliphatic carbocycles. The lowest BCUT2D eigenvalue weighted by Crippen LogP contribution is -2.34. The minimum absolute atomic E-state index is 0.00636. The first-order valence-electron chi connectivity index (χ1n) is 9.90. The number of benzene rings is 1. The molecule has 7 nitrogen and oxygen atoms in total. The van der Waals surface area contributed by atoms with Crippen molar-refractivity contribution in [3.63, 3.8) is 0 Å². The molecule has 0 saturated carbocycles. The number of aliphatic hydroxyl groups excluding tert-OH is 1. The molecule has 1 aromatic heterocycles. The van der Waals surface area contributed by atoms with Crippen molar-refractivity contribution in [1.82, 2.24) is 14.9 Å². The van der Waals surface area contributed by atoms with E-state index in [1.54, 1.807) is 4.90 Å². The van der Waals surface area contributed by atoms with E-state index in [1.807, 2.05) is 11.9 Å². The number of nitrogens with two attached hydrogens (primary N) is 1. The van der Waals surface area contributed by atoms with Crippen molar-refractivity contribution in [2.24, 2.45) is 0 Å². The average Bonchev–Trinajstić information content (AvgIpc) is 3.02. The molecule has 0 bridgehead atoms. The molecule has 31 heavy (non-hydrogen) atoms. The lowest BCUT2D eigenvalue weighted by atomic mass is 10.0. The van der Waals surface area contributed by atoms with Gasteiger partial charge in [0.1, 0.15) is 12.4 Å². The number of nitrogen functional groups attached to an aromatic ring is 1. The van der Waals surface area contributed by atoms with Crippen LogP contribution < -0.4 is 15.4 Å². The Morgan fingerprint density at radius 3 is 2.77 bits per heavy atom. The summed E-state index contributed by atoms with van der Waals surface area (Å²) in [6.45, 7) is 1.30. The number of fused-ring (bicyclic) bond motifs is 1. The molecule has 1 aromatic carbocycles. The number of halogens is 4. The second-order valence-electron chi connectivity index (χ2n) is 7.91. The Hall–Kier alpha value is -2.30. The lowest BCUT2D eigenvalue weighted by Gasteiger charge is -2.32. The van der Waals surface area contributed by atoms with Crippen molar-refractivity contribution in [2.75, 3.05) is 37.4 Å². The van der Waals surface area contributed by atoms with Crippen molar-refractivity contribution < 1.29 is 23.0 Å². The molecule has 4 rings (SSSR count). The highest BCUT2D eigenvalue weighted by atomic mass is 35.5. The van der Waals surface area contributed by atoms with Crippen LogP contribution in [0.25, 0.3) is 0 Å². The number of ether oxygens (including phenoxy) is 1. The number of rotatable bonds is 4. The molecule has 0 unspecified atom stereocenters. The summed E-state index contributed by atoms with van der Waals surface area (Å²) in [5.74, 6) is 0.265. The predicted molar refractivity (Wildman–Crippen MR) is 110 cm³/mol. The summed E-state index contributed by atoms with van der Waals surface area (Å²) in [6, 6.07) is 4.23. The molecular weight excluding hydrogens is 435 g/mol. The van der Waals surface area contributed by atoms with Crippen LogP contribution in [-0.4, -0.2) is 58.9 Å². The van der Waals surface area contributed by atoms with Gasteiger partial charge in [0.2, 0.25) is 0 Å². The van der Waals surface area contributed by atoms with E-state index >= 15 is 0 Å². The first kappa shape index (κ1) is 21.9. The fourth-order valence-corrected chi connectivity index (χ4v) is 4.46. The molecule has 3 heterocycles. The number of β-amino-alcohol motifs (C(OH)–C–C–N with tert-alkyl or cyclic N) is 1. The monoisotopic (exact) mass is 457 g/mol. The maximum Gasteiger partial charge on any atom is 0.419 e. The van der Waals surface area contributed by atoms with Crippen LogP contribution in [0.2, 0.25) is 5.02 Å². The zero-order valence-electron chi connectivity index (χ0n) is 16.9. The summed E-state index contributed by atoms with van der Waals surface area (Å²) < 4.78 is 46.5. The predicted octanol–water partition coefficient (Wildman–Crippen LogP) is 2.74. The molecule has 0 spiro atoms. The van der Waals surface area contributed by atoms with Gasteiger partial charge in [0, 0.05) is 24.7 Å². The van der Waals surface area contributed by atoms with E-state index in [0.29, 0.717) is 37.2 Å². The molecule has 0 radical (unpaired) electrons. The quantitative estimate of drug-likeness (QED) is 0.729. The smallest absolute Gasteiger partial charge is 0.419 e. The van der Waals surface area contributed by atoms with Gasteiger partial charge in [-0.2, -0.15) is 23.1 Å². The number of likely N-dealkylation sites (tertiary alicyclic amines) is 1. The van der Waals surface area contributed by atoms with Crippen LogP contribution in [0.1, 0.15) is 23.2 Å². The Balaban J connectivity index is 1.56. The topological polar surface area (TPSA) is 87.7 Å². The number of aliphatic hydroxyl groups is 1. The van der Waals surface area contributed by atoms with E-state index in [9.17, 15) is 18.3 Å². The van der Waals surface area contributed by atoms with Crippen LogP contribution in [0.3, 0.4) is 0 Å². The Morgan fingerprint density at radius 2 is 2.10 bits per heavy atom. The summed E-state index contributed by atoms with van der Waals surface area (Å²) in [7, 11) is 1.90. The Kier molecular flexibility index (Phi) is 5.89. The van der Waals surface area contributed by atoms with Gasteiger partial charge >= 0.3 is 12.2 Å². The largest absolute Gasteiger partial charge is 0.462 e. The van der Waals surface area contributed by atoms with Crippen molar-refractivity contribution in [2.45, 2.75) is 37.7 Å². The molecule has 0 amide bonds. The number of alkyl halides is 3. The zero-order chi connectivity index (χ0) is 22.3. The summed E-state index contributed by atoms with van der Waals surface area (Å²) in [6.07, 6.45) is -3.99. The molecule has 1 fully saturated rings. The minimum atomic E-state index is -4.58. The third-order valence-electron chi connectivity index (χ3n) is 5.76. The van der Waals surface area contributed by atoms with Crippen LogP contribution in [0.4, 0.5) is 24.7 Å². The standard InChI is InChI=1S/C20H23ClF3N5O2/c1-28-8-12(30)7-11(28)10-31-19-26-15-9-29(6-5-13(15)18(25)27-19)16-4-2-3-14(21)17(16)20(22,23)24/h2-4,11-12,30H,5-10H2,1H3,(H2,25,26,27)/t11-,12+/m0/s1. The molecule has 1 saturated heterocycles. The molecule has 168 valence electrons. The molecular formula is C20H23ClF3N5O2. The third kappa shape index (κ3) is 4.51. The number of hydrogen-bond acceptors (Lipinski definition) is 7. The molecule has 2 aliphatic heterocycles. The fourth-order valence-electron chi connectivity index (χ4n) is 4.18. The summed E-state index contributed by atoms with van der Waals surface area (Å²) in [5, 5.41) is 9.42. The van der Waals surface area contributed by atoms with Gasteiger partial charge in [0.15, 0.2) is 0 Å². The van der Waals surface area contributed by atoms with Crippen molar-refractivity contribution in [3.05, 3.63) is 40.0 Å². The van der Waals surface area contributed by atoms with Crippen LogP contribution in [0.15, 0.2) is 18.2 Å². The van der Waals surface area contributed by atoms with E-state index in [0.717, 1.165) is 0 Å². The third-order valence-corrected chi connectivity index (χ3v) is 6.08. The van der Waals surface area contributed by atoms with Gasteiger partial charge < -0.3 is 20.5 Å². The number of nitrogens with zero attached hydrogens (tertiary/aromatic N) is 4. The van der Waals surface area contributed by atoms with Gasteiger partial charge in [-0.3, -0.25) is 4.90 Å². The van der Waals surface area contributed by atoms with E-state index in [4.69, 9.17) is 22.1 Å². The van der Waals surface area contributed by atoms with E-state index in [1.165, 1.54) is 18.2 Å². The molecule has 2 aromatic rings. The number of aromatic nitrogens is 2. The summed E-state index contributed by atoms with van der Waals surface area (Å²) in [5.41, 5.74) is 6.47. The van der Waals surface area contributed by atoms with Crippen LogP contribution in [-0.2, 0) is 19.1 Å². The molecule has 2 atom stereocenters. The highest BCUT2D eigenvalue weighted by Crippen LogP contribution is 2.42. The van der Waals surface area contributed by atoms with Gasteiger partial charge in [-0.05, 0) is 32.0 Å². The first-order chi connectivity index (χ1) is 14.6. The highest BCUT2D eigenvalue weighted by molar-refractivity contribution is 6.31. The Bertz CT molecular complexity index is 975. The summed E-state index contributed by atoms with van der Waals surface area (Å²) in [4.78, 5) is 12.2. The molecule has 11 heteroatoms. The second-order valence-corrected chi connectivity index (χ2v) is 8.32.